The summed E-state index contributed by atoms with van der Waals surface area (Å²) in [5.74, 6) is -0.411. The van der Waals surface area contributed by atoms with Crippen LogP contribution in [0.15, 0.2) is 11.2 Å². The number of hydroxylamine groups is 3. The van der Waals surface area contributed by atoms with Gasteiger partial charge in [-0.15, -0.1) is 0 Å². The molecule has 1 aromatic rings. The average Bonchev–Trinajstić information content (AvgIpc) is 3.23. The van der Waals surface area contributed by atoms with Gasteiger partial charge in [-0.25, -0.2) is 4.79 Å². The maximum atomic E-state index is 12.5. The molecule has 2 bridgehead atoms. The lowest BCUT2D eigenvalue weighted by Gasteiger charge is -2.31. The first kappa shape index (κ1) is 24.5. The van der Waals surface area contributed by atoms with Crippen LogP contribution in [0.3, 0.4) is 0 Å². The Balaban J connectivity index is 1.49. The maximum absolute atomic E-state index is 12.5. The molecule has 13 nitrogen and oxygen atoms in total. The first-order valence-electron chi connectivity index (χ1n) is 10.7. The fourth-order valence-electron chi connectivity index (χ4n) is 3.84. The molecule has 2 aliphatic rings. The van der Waals surface area contributed by atoms with E-state index in [0.29, 0.717) is 29.6 Å². The fraction of sp³-hybridized carbons (Fsp3) is 0.650. The molecule has 3 amide bonds. The number of nitrogens with zero attached hydrogens (tertiary/aromatic N) is 5. The van der Waals surface area contributed by atoms with Gasteiger partial charge in [-0.05, 0) is 27.2 Å². The molecule has 0 radical (unpaired) electrons. The third-order valence-electron chi connectivity index (χ3n) is 5.23. The summed E-state index contributed by atoms with van der Waals surface area (Å²) in [6.45, 7) is 5.66. The number of aromatic nitrogens is 2. The van der Waals surface area contributed by atoms with E-state index in [9.17, 15) is 19.6 Å². The van der Waals surface area contributed by atoms with E-state index < -0.39 is 23.7 Å². The Morgan fingerprint density at radius 1 is 1.36 bits per heavy atom. The predicted octanol–water partition coefficient (Wildman–Crippen LogP) is 0.430. The minimum Gasteiger partial charge on any atom is -0.460 e. The van der Waals surface area contributed by atoms with Crippen molar-refractivity contribution < 1.29 is 29.2 Å². The molecule has 3 N–H and O–H groups in total. The van der Waals surface area contributed by atoms with Crippen LogP contribution in [0.2, 0.25) is 0 Å². The van der Waals surface area contributed by atoms with Crippen molar-refractivity contribution in [1.82, 2.24) is 30.5 Å². The molecule has 3 heterocycles. The van der Waals surface area contributed by atoms with Crippen LogP contribution in [0.25, 0.3) is 0 Å². The Bertz CT molecular complexity index is 938. The number of hydrogen-bond acceptors (Lipinski definition) is 8. The second-order valence-corrected chi connectivity index (χ2v) is 8.85. The Morgan fingerprint density at radius 3 is 2.76 bits per heavy atom. The second kappa shape index (κ2) is 9.75. The number of aryl methyl sites for hydroxylation is 1. The van der Waals surface area contributed by atoms with Gasteiger partial charge in [-0.2, -0.15) is 10.2 Å². The molecule has 13 heteroatoms. The molecule has 2 aliphatic heterocycles. The Hall–Kier alpha value is -3.19. The molecule has 0 unspecified atom stereocenters. The zero-order valence-corrected chi connectivity index (χ0v) is 19.5. The summed E-state index contributed by atoms with van der Waals surface area (Å²) in [4.78, 5) is 47.2. The molecular weight excluding hydrogens is 434 g/mol. The highest BCUT2D eigenvalue weighted by atomic mass is 16.6. The van der Waals surface area contributed by atoms with Gasteiger partial charge in [0.2, 0.25) is 5.91 Å². The van der Waals surface area contributed by atoms with Crippen LogP contribution < -0.4 is 10.8 Å². The normalized spacial score (nSPS) is 20.1. The van der Waals surface area contributed by atoms with Gasteiger partial charge in [0, 0.05) is 32.6 Å². The molecule has 1 saturated heterocycles. The van der Waals surface area contributed by atoms with Crippen molar-refractivity contribution in [2.24, 2.45) is 12.0 Å². The highest BCUT2D eigenvalue weighted by Crippen LogP contribution is 2.42. The number of esters is 1. The van der Waals surface area contributed by atoms with Gasteiger partial charge in [0.05, 0.1) is 18.4 Å². The smallest absolute Gasteiger partial charge is 0.345 e. The van der Waals surface area contributed by atoms with Crippen LogP contribution in [0, 0.1) is 0 Å². The quantitative estimate of drug-likeness (QED) is 0.125. The number of nitrogens with one attached hydrogen (secondary N) is 2. The summed E-state index contributed by atoms with van der Waals surface area (Å²) < 4.78 is 6.84. The van der Waals surface area contributed by atoms with E-state index in [1.807, 2.05) is 0 Å². The number of hydrogen-bond donors (Lipinski definition) is 3. The predicted molar refractivity (Wildman–Crippen MR) is 115 cm³/mol. The lowest BCUT2D eigenvalue weighted by Crippen LogP contribution is -2.45. The van der Waals surface area contributed by atoms with E-state index in [1.165, 1.54) is 11.9 Å². The summed E-state index contributed by atoms with van der Waals surface area (Å²) in [6, 6.07) is -1.70. The summed E-state index contributed by atoms with van der Waals surface area (Å²) in [5, 5.41) is 17.8. The first-order chi connectivity index (χ1) is 15.5. The van der Waals surface area contributed by atoms with Crippen molar-refractivity contribution in [1.29, 1.82) is 0 Å². The minimum absolute atomic E-state index is 0.199. The summed E-state index contributed by atoms with van der Waals surface area (Å²) >= 11 is 0. The Labute approximate surface area is 191 Å². The van der Waals surface area contributed by atoms with E-state index >= 15 is 0 Å². The third kappa shape index (κ3) is 5.42. The molecule has 0 saturated carbocycles. The van der Waals surface area contributed by atoms with Gasteiger partial charge in [-0.1, -0.05) is 0 Å². The number of fused-ring (bicyclic) bond motifs is 4. The Kier molecular flexibility index (Phi) is 7.22. The Morgan fingerprint density at radius 2 is 2.09 bits per heavy atom. The van der Waals surface area contributed by atoms with Crippen LogP contribution in [-0.2, 0) is 26.2 Å². The van der Waals surface area contributed by atoms with E-state index in [-0.39, 0.29) is 31.4 Å². The van der Waals surface area contributed by atoms with Gasteiger partial charge >= 0.3 is 12.0 Å². The molecule has 182 valence electrons. The van der Waals surface area contributed by atoms with Crippen LogP contribution >= 0.6 is 0 Å². The van der Waals surface area contributed by atoms with E-state index in [4.69, 9.17) is 9.57 Å². The van der Waals surface area contributed by atoms with Crippen molar-refractivity contribution in [2.75, 3.05) is 26.7 Å². The first-order valence-corrected chi connectivity index (χ1v) is 10.7. The maximum Gasteiger partial charge on any atom is 0.345 e. The molecule has 0 aliphatic carbocycles. The molecule has 1 aromatic heterocycles. The lowest BCUT2D eigenvalue weighted by molar-refractivity contribution is -0.155. The number of carbonyl (C=O) groups excluding carboxylic acids is 3. The van der Waals surface area contributed by atoms with Crippen molar-refractivity contribution in [3.63, 3.8) is 0 Å². The molecule has 0 aromatic carbocycles. The van der Waals surface area contributed by atoms with Gasteiger partial charge in [0.15, 0.2) is 6.61 Å². The minimum atomic E-state index is -0.657. The molecular formula is C20H31N7O6. The van der Waals surface area contributed by atoms with E-state index in [0.717, 1.165) is 5.56 Å². The number of amidine groups is 1. The van der Waals surface area contributed by atoms with Crippen molar-refractivity contribution in [3.8, 4) is 0 Å². The van der Waals surface area contributed by atoms with Crippen LogP contribution in [0.5, 0.6) is 0 Å². The van der Waals surface area contributed by atoms with Gasteiger partial charge < -0.3 is 15.0 Å². The average molecular weight is 466 g/mol. The van der Waals surface area contributed by atoms with Crippen molar-refractivity contribution in [3.05, 3.63) is 17.5 Å². The number of ether oxygens (including phenoxy) is 1. The molecule has 2 atom stereocenters. The van der Waals surface area contributed by atoms with Gasteiger partial charge in [0.1, 0.15) is 23.5 Å². The van der Waals surface area contributed by atoms with Crippen molar-refractivity contribution >= 4 is 23.7 Å². The van der Waals surface area contributed by atoms with Gasteiger partial charge in [-0.3, -0.25) is 34.8 Å². The van der Waals surface area contributed by atoms with E-state index in [1.54, 1.807) is 38.7 Å². The lowest BCUT2D eigenvalue weighted by atomic mass is 9.97. The largest absolute Gasteiger partial charge is 0.460 e. The number of aliphatic imine (C=N–C) groups is 1. The zero-order chi connectivity index (χ0) is 24.3. The second-order valence-electron chi connectivity index (χ2n) is 8.85. The highest BCUT2D eigenvalue weighted by molar-refractivity contribution is 5.93. The topological polar surface area (TPSA) is 151 Å². The van der Waals surface area contributed by atoms with Crippen molar-refractivity contribution in [2.45, 2.75) is 51.3 Å². The molecule has 1 fully saturated rings. The zero-order valence-electron chi connectivity index (χ0n) is 19.5. The molecule has 0 spiro atoms. The summed E-state index contributed by atoms with van der Waals surface area (Å²) in [5.41, 5.74) is 3.54. The molecule has 33 heavy (non-hydrogen) atoms. The number of amides is 3. The highest BCUT2D eigenvalue weighted by Gasteiger charge is 2.51. The fourth-order valence-corrected chi connectivity index (χ4v) is 3.84. The number of rotatable bonds is 8. The standard InChI is InChI=1S/C20H31N7O6/c1-20(2,3)33-15(29)7-6-8-22-14(28)11-32-24-18(21-4)17-16-12(9-23-25(16)5)13-10-26(17)19(30)27(13)31/h9,13,17,31H,6-8,10-11H2,1-5H3,(H,21,24)(H,22,28)/t13-,17-/m0/s1. The SMILES string of the molecule is CN=C(NOCC(=O)NCCCC(=O)OC(C)(C)C)[C@@H]1c2c(cnn2C)[C@@H]2CN1C(=O)N2O. The summed E-state index contributed by atoms with van der Waals surface area (Å²) in [6.07, 6.45) is 2.26. The number of carbonyl (C=O) groups is 3. The van der Waals surface area contributed by atoms with Crippen LogP contribution in [0.4, 0.5) is 4.79 Å². The van der Waals surface area contributed by atoms with E-state index in [2.05, 4.69) is 20.9 Å². The third-order valence-corrected chi connectivity index (χ3v) is 5.23. The van der Waals surface area contributed by atoms with Crippen LogP contribution in [0.1, 0.15) is 57.0 Å². The number of urea groups is 1. The van der Waals surface area contributed by atoms with Gasteiger partial charge in [0.25, 0.3) is 0 Å². The monoisotopic (exact) mass is 465 g/mol. The summed E-state index contributed by atoms with van der Waals surface area (Å²) in [7, 11) is 3.27. The molecule has 3 rings (SSSR count). The van der Waals surface area contributed by atoms with Crippen LogP contribution in [-0.4, -0.2) is 81.0 Å².